The highest BCUT2D eigenvalue weighted by Gasteiger charge is 2.28. The minimum absolute atomic E-state index is 0.146. The minimum atomic E-state index is -2.63. The quantitative estimate of drug-likeness (QED) is 0.901. The number of alkyl halides is 2. The molecule has 1 aliphatic heterocycles. The Balaban J connectivity index is 1.99. The van der Waals surface area contributed by atoms with Crippen LogP contribution in [0.3, 0.4) is 0 Å². The number of hydrogen-bond donors (Lipinski definition) is 2. The molecule has 2 aromatic rings. The minimum Gasteiger partial charge on any atom is -0.465 e. The van der Waals surface area contributed by atoms with Crippen molar-refractivity contribution in [1.82, 2.24) is 15.3 Å². The summed E-state index contributed by atoms with van der Waals surface area (Å²) in [4.78, 5) is 21.2. The van der Waals surface area contributed by atoms with Gasteiger partial charge in [0.05, 0.1) is 11.2 Å². The van der Waals surface area contributed by atoms with Gasteiger partial charge in [-0.1, -0.05) is 6.92 Å². The highest BCUT2D eigenvalue weighted by atomic mass is 19.3. The van der Waals surface area contributed by atoms with E-state index in [4.69, 9.17) is 5.11 Å². The number of fused-ring (bicyclic) bond motifs is 1. The van der Waals surface area contributed by atoms with Crippen molar-refractivity contribution in [2.75, 3.05) is 18.0 Å². The van der Waals surface area contributed by atoms with Crippen molar-refractivity contribution in [3.05, 3.63) is 30.1 Å². The molecule has 1 aromatic heterocycles. The van der Waals surface area contributed by atoms with Crippen molar-refractivity contribution in [3.63, 3.8) is 0 Å². The second kappa shape index (κ2) is 6.54. The maximum Gasteiger partial charge on any atom is 0.404 e. The summed E-state index contributed by atoms with van der Waals surface area (Å²) in [5, 5.41) is 11.5. The summed E-state index contributed by atoms with van der Waals surface area (Å²) in [7, 11) is 0. The number of hydrogen-bond acceptors (Lipinski definition) is 4. The maximum absolute atomic E-state index is 13.2. The molecular formula is C16H18F2N4O2. The Morgan fingerprint density at radius 1 is 1.29 bits per heavy atom. The Hall–Kier alpha value is -2.51. The zero-order chi connectivity index (χ0) is 17.3. The van der Waals surface area contributed by atoms with Gasteiger partial charge in [0.15, 0.2) is 0 Å². The van der Waals surface area contributed by atoms with Crippen LogP contribution in [0, 0.1) is 5.92 Å². The first-order chi connectivity index (χ1) is 11.5. The number of anilines is 1. The predicted molar refractivity (Wildman–Crippen MR) is 85.4 cm³/mol. The molecule has 1 aliphatic rings. The SMILES string of the molecule is CC1CC(NC(=O)O)CN(c2ccc(C(F)F)c3nccnc23)C1. The van der Waals surface area contributed by atoms with Crippen molar-refractivity contribution in [1.29, 1.82) is 0 Å². The van der Waals surface area contributed by atoms with E-state index in [9.17, 15) is 13.6 Å². The van der Waals surface area contributed by atoms with Crippen LogP contribution in [0.5, 0.6) is 0 Å². The molecule has 1 aromatic carbocycles. The number of nitrogens with one attached hydrogen (secondary N) is 1. The maximum atomic E-state index is 13.2. The third-order valence-corrected chi connectivity index (χ3v) is 4.20. The summed E-state index contributed by atoms with van der Waals surface area (Å²) in [6, 6.07) is 2.78. The summed E-state index contributed by atoms with van der Waals surface area (Å²) in [5.41, 5.74) is 1.16. The molecule has 0 saturated carbocycles. The van der Waals surface area contributed by atoms with Gasteiger partial charge in [0.1, 0.15) is 5.52 Å². The number of halogens is 2. The van der Waals surface area contributed by atoms with E-state index in [1.54, 1.807) is 6.07 Å². The van der Waals surface area contributed by atoms with E-state index in [0.717, 1.165) is 6.42 Å². The van der Waals surface area contributed by atoms with Gasteiger partial charge in [-0.2, -0.15) is 0 Å². The van der Waals surface area contributed by atoms with E-state index in [0.29, 0.717) is 24.3 Å². The number of carboxylic acid groups (broad SMARTS) is 1. The van der Waals surface area contributed by atoms with Gasteiger partial charge < -0.3 is 15.3 Å². The normalized spacial score (nSPS) is 21.2. The van der Waals surface area contributed by atoms with Crippen molar-refractivity contribution < 1.29 is 18.7 Å². The molecule has 2 heterocycles. The monoisotopic (exact) mass is 336 g/mol. The van der Waals surface area contributed by atoms with Crippen LogP contribution in [-0.4, -0.2) is 40.3 Å². The number of carbonyl (C=O) groups is 1. The number of piperidine rings is 1. The molecule has 1 saturated heterocycles. The molecule has 0 bridgehead atoms. The van der Waals surface area contributed by atoms with Crippen molar-refractivity contribution in [2.24, 2.45) is 5.92 Å². The zero-order valence-electron chi connectivity index (χ0n) is 13.1. The lowest BCUT2D eigenvalue weighted by Gasteiger charge is -2.38. The summed E-state index contributed by atoms with van der Waals surface area (Å²) in [6.07, 6.45) is -0.0825. The van der Waals surface area contributed by atoms with Crippen LogP contribution in [0.25, 0.3) is 11.0 Å². The average Bonchev–Trinajstić information content (AvgIpc) is 2.52. The molecule has 6 nitrogen and oxygen atoms in total. The number of amides is 1. The molecule has 0 aliphatic carbocycles. The first-order valence-corrected chi connectivity index (χ1v) is 7.72. The van der Waals surface area contributed by atoms with Crippen LogP contribution in [0.15, 0.2) is 24.5 Å². The topological polar surface area (TPSA) is 78.4 Å². The molecule has 2 unspecified atom stereocenters. The fraction of sp³-hybridized carbons (Fsp3) is 0.438. The highest BCUT2D eigenvalue weighted by Crippen LogP contribution is 2.33. The van der Waals surface area contributed by atoms with Gasteiger partial charge >= 0.3 is 6.09 Å². The number of nitrogens with zero attached hydrogens (tertiary/aromatic N) is 3. The fourth-order valence-corrected chi connectivity index (χ4v) is 3.32. The van der Waals surface area contributed by atoms with Crippen molar-refractivity contribution >= 4 is 22.8 Å². The van der Waals surface area contributed by atoms with Gasteiger partial charge in [-0.25, -0.2) is 13.6 Å². The Kier molecular flexibility index (Phi) is 4.46. The van der Waals surface area contributed by atoms with Gasteiger partial charge in [-0.05, 0) is 24.5 Å². The number of benzene rings is 1. The molecule has 0 radical (unpaired) electrons. The first kappa shape index (κ1) is 16.4. The van der Waals surface area contributed by atoms with E-state index in [-0.39, 0.29) is 23.0 Å². The van der Waals surface area contributed by atoms with E-state index in [1.165, 1.54) is 18.5 Å². The molecule has 1 amide bonds. The van der Waals surface area contributed by atoms with Crippen LogP contribution < -0.4 is 10.2 Å². The van der Waals surface area contributed by atoms with Gasteiger partial charge in [0.2, 0.25) is 0 Å². The summed E-state index contributed by atoms with van der Waals surface area (Å²) >= 11 is 0. The summed E-state index contributed by atoms with van der Waals surface area (Å²) < 4.78 is 26.4. The molecule has 3 rings (SSSR count). The second-order valence-electron chi connectivity index (χ2n) is 6.12. The lowest BCUT2D eigenvalue weighted by molar-refractivity contribution is 0.153. The van der Waals surface area contributed by atoms with Crippen LogP contribution in [0.4, 0.5) is 19.3 Å². The second-order valence-corrected chi connectivity index (χ2v) is 6.12. The Morgan fingerprint density at radius 3 is 2.67 bits per heavy atom. The average molecular weight is 336 g/mol. The lowest BCUT2D eigenvalue weighted by atomic mass is 9.95. The van der Waals surface area contributed by atoms with E-state index < -0.39 is 12.5 Å². The zero-order valence-corrected chi connectivity index (χ0v) is 13.1. The predicted octanol–water partition coefficient (Wildman–Crippen LogP) is 3.05. The van der Waals surface area contributed by atoms with Gasteiger partial charge in [0.25, 0.3) is 6.43 Å². The van der Waals surface area contributed by atoms with Crippen LogP contribution in [0.1, 0.15) is 25.3 Å². The standard InChI is InChI=1S/C16H18F2N4O2/c1-9-6-10(21-16(23)24)8-22(7-9)12-3-2-11(15(17)18)13-14(12)20-5-4-19-13/h2-5,9-10,15,21H,6-8H2,1H3,(H,23,24). The molecule has 1 fully saturated rings. The number of aromatic nitrogens is 2. The smallest absolute Gasteiger partial charge is 0.404 e. The third-order valence-electron chi connectivity index (χ3n) is 4.20. The summed E-state index contributed by atoms with van der Waals surface area (Å²) in [5.74, 6) is 0.261. The van der Waals surface area contributed by atoms with E-state index in [2.05, 4.69) is 15.3 Å². The van der Waals surface area contributed by atoms with Crippen molar-refractivity contribution in [2.45, 2.75) is 25.8 Å². The lowest BCUT2D eigenvalue weighted by Crippen LogP contribution is -2.50. The third kappa shape index (κ3) is 3.22. The first-order valence-electron chi connectivity index (χ1n) is 7.72. The molecule has 24 heavy (non-hydrogen) atoms. The van der Waals surface area contributed by atoms with Crippen LogP contribution >= 0.6 is 0 Å². The van der Waals surface area contributed by atoms with E-state index in [1.807, 2.05) is 11.8 Å². The van der Waals surface area contributed by atoms with E-state index >= 15 is 0 Å². The molecule has 2 atom stereocenters. The van der Waals surface area contributed by atoms with Crippen molar-refractivity contribution in [3.8, 4) is 0 Å². The Labute approximate surface area is 137 Å². The Morgan fingerprint density at radius 2 is 2.00 bits per heavy atom. The van der Waals surface area contributed by atoms with Gasteiger partial charge in [-0.3, -0.25) is 9.97 Å². The van der Waals surface area contributed by atoms with Gasteiger partial charge in [0, 0.05) is 37.1 Å². The van der Waals surface area contributed by atoms with Crippen LogP contribution in [-0.2, 0) is 0 Å². The molecule has 128 valence electrons. The molecular weight excluding hydrogens is 318 g/mol. The largest absolute Gasteiger partial charge is 0.465 e. The number of rotatable bonds is 3. The highest BCUT2D eigenvalue weighted by molar-refractivity contribution is 5.90. The Bertz CT molecular complexity index is 756. The fourth-order valence-electron chi connectivity index (χ4n) is 3.32. The van der Waals surface area contributed by atoms with Crippen LogP contribution in [0.2, 0.25) is 0 Å². The molecule has 2 N–H and O–H groups in total. The van der Waals surface area contributed by atoms with Gasteiger partial charge in [-0.15, -0.1) is 0 Å². The molecule has 8 heteroatoms. The summed E-state index contributed by atoms with van der Waals surface area (Å²) in [6.45, 7) is 3.21. The molecule has 0 spiro atoms.